The highest BCUT2D eigenvalue weighted by atomic mass is 14.8. The summed E-state index contributed by atoms with van der Waals surface area (Å²) in [6.45, 7) is 16.7. The fraction of sp³-hybridized carbons (Fsp3) is 1.00. The van der Waals surface area contributed by atoms with Gasteiger partial charge in [-0.15, -0.1) is 0 Å². The van der Waals surface area contributed by atoms with Gasteiger partial charge in [0, 0.05) is 0 Å². The minimum absolute atomic E-state index is 0.456. The van der Waals surface area contributed by atoms with Gasteiger partial charge in [-0.25, -0.2) is 0 Å². The summed E-state index contributed by atoms with van der Waals surface area (Å²) in [5.41, 5.74) is 1.01. The summed E-state index contributed by atoms with van der Waals surface area (Å²) >= 11 is 0. The molecule has 1 aliphatic carbocycles. The van der Waals surface area contributed by atoms with Crippen molar-refractivity contribution in [2.75, 3.05) is 13.1 Å². The van der Waals surface area contributed by atoms with Crippen LogP contribution in [0, 0.1) is 22.7 Å². The maximum atomic E-state index is 3.55. The van der Waals surface area contributed by atoms with Gasteiger partial charge in [0.05, 0.1) is 0 Å². The van der Waals surface area contributed by atoms with E-state index in [1.807, 2.05) is 0 Å². The quantitative estimate of drug-likeness (QED) is 0.763. The molecule has 0 aromatic rings. The largest absolute Gasteiger partial charge is 0.317 e. The lowest BCUT2D eigenvalue weighted by molar-refractivity contribution is 0.0401. The van der Waals surface area contributed by atoms with E-state index < -0.39 is 0 Å². The molecule has 0 saturated heterocycles. The zero-order chi connectivity index (χ0) is 12.4. The van der Waals surface area contributed by atoms with Crippen LogP contribution in [0.1, 0.15) is 60.8 Å². The smallest absolute Gasteiger partial charge is 0.00178 e. The Kier molecular flexibility index (Phi) is 4.45. The van der Waals surface area contributed by atoms with E-state index in [0.29, 0.717) is 10.8 Å². The van der Waals surface area contributed by atoms with Crippen molar-refractivity contribution in [3.8, 4) is 0 Å². The lowest BCUT2D eigenvalue weighted by Gasteiger charge is -2.47. The molecule has 0 aliphatic heterocycles. The highest BCUT2D eigenvalue weighted by molar-refractivity contribution is 4.91. The van der Waals surface area contributed by atoms with Gasteiger partial charge in [0.25, 0.3) is 0 Å². The SMILES string of the molecule is CCNCC1CCC(C)(C)CC1C(C)(C)C. The Balaban J connectivity index is 2.68. The van der Waals surface area contributed by atoms with Gasteiger partial charge in [0.2, 0.25) is 0 Å². The van der Waals surface area contributed by atoms with Crippen LogP contribution in [0.2, 0.25) is 0 Å². The Morgan fingerprint density at radius 1 is 1.25 bits per heavy atom. The first kappa shape index (κ1) is 14.0. The Labute approximate surface area is 102 Å². The first-order chi connectivity index (χ1) is 7.26. The molecule has 0 spiro atoms. The molecule has 1 nitrogen and oxygen atoms in total. The van der Waals surface area contributed by atoms with Crippen LogP contribution < -0.4 is 5.32 Å². The molecule has 0 aromatic heterocycles. The molecule has 1 aliphatic rings. The molecular formula is C15H31N. The van der Waals surface area contributed by atoms with Crippen LogP contribution in [0.3, 0.4) is 0 Å². The number of hydrogen-bond acceptors (Lipinski definition) is 1. The lowest BCUT2D eigenvalue weighted by Crippen LogP contribution is -2.41. The van der Waals surface area contributed by atoms with Crippen molar-refractivity contribution in [1.29, 1.82) is 0 Å². The second kappa shape index (κ2) is 5.08. The fourth-order valence-corrected chi connectivity index (χ4v) is 3.23. The van der Waals surface area contributed by atoms with Crippen LogP contribution in [-0.2, 0) is 0 Å². The molecule has 2 atom stereocenters. The van der Waals surface area contributed by atoms with Crippen molar-refractivity contribution in [3.63, 3.8) is 0 Å². The first-order valence-electron chi connectivity index (χ1n) is 6.97. The minimum atomic E-state index is 0.456. The van der Waals surface area contributed by atoms with Crippen LogP contribution in [0.5, 0.6) is 0 Å². The summed E-state index contributed by atoms with van der Waals surface area (Å²) in [6.07, 6.45) is 4.20. The Morgan fingerprint density at radius 2 is 1.88 bits per heavy atom. The van der Waals surface area contributed by atoms with Gasteiger partial charge in [-0.05, 0) is 55.0 Å². The van der Waals surface area contributed by atoms with Crippen LogP contribution in [0.25, 0.3) is 0 Å². The highest BCUT2D eigenvalue weighted by Gasteiger charge is 2.40. The molecule has 0 heterocycles. The summed E-state index contributed by atoms with van der Waals surface area (Å²) in [7, 11) is 0. The van der Waals surface area contributed by atoms with E-state index in [1.165, 1.54) is 25.8 Å². The van der Waals surface area contributed by atoms with E-state index in [9.17, 15) is 0 Å². The van der Waals surface area contributed by atoms with Crippen LogP contribution >= 0.6 is 0 Å². The van der Waals surface area contributed by atoms with E-state index in [0.717, 1.165) is 18.4 Å². The van der Waals surface area contributed by atoms with Crippen LogP contribution in [0.15, 0.2) is 0 Å². The Hall–Kier alpha value is -0.0400. The topological polar surface area (TPSA) is 12.0 Å². The fourth-order valence-electron chi connectivity index (χ4n) is 3.23. The second-order valence-corrected chi connectivity index (χ2v) is 7.45. The van der Waals surface area contributed by atoms with E-state index in [2.05, 4.69) is 46.9 Å². The Morgan fingerprint density at radius 3 is 2.38 bits per heavy atom. The third-order valence-electron chi connectivity index (χ3n) is 4.30. The van der Waals surface area contributed by atoms with Crippen molar-refractivity contribution in [2.24, 2.45) is 22.7 Å². The van der Waals surface area contributed by atoms with Crippen molar-refractivity contribution >= 4 is 0 Å². The number of hydrogen-bond donors (Lipinski definition) is 1. The van der Waals surface area contributed by atoms with E-state index in [4.69, 9.17) is 0 Å². The van der Waals surface area contributed by atoms with Gasteiger partial charge in [0.15, 0.2) is 0 Å². The maximum absolute atomic E-state index is 3.55. The molecule has 96 valence electrons. The zero-order valence-corrected chi connectivity index (χ0v) is 12.2. The molecule has 0 bridgehead atoms. The summed E-state index contributed by atoms with van der Waals surface area (Å²) in [6, 6.07) is 0. The molecular weight excluding hydrogens is 194 g/mol. The normalized spacial score (nSPS) is 30.4. The predicted octanol–water partition coefficient (Wildman–Crippen LogP) is 4.08. The lowest BCUT2D eigenvalue weighted by atomic mass is 9.59. The molecule has 0 aromatic carbocycles. The molecule has 1 N–H and O–H groups in total. The predicted molar refractivity (Wildman–Crippen MR) is 72.6 cm³/mol. The third-order valence-corrected chi connectivity index (χ3v) is 4.30. The van der Waals surface area contributed by atoms with E-state index >= 15 is 0 Å². The molecule has 1 heteroatoms. The highest BCUT2D eigenvalue weighted by Crippen LogP contribution is 2.48. The van der Waals surface area contributed by atoms with Crippen LogP contribution in [-0.4, -0.2) is 13.1 Å². The molecule has 0 radical (unpaired) electrons. The first-order valence-corrected chi connectivity index (χ1v) is 6.97. The molecule has 1 saturated carbocycles. The molecule has 2 unspecified atom stereocenters. The van der Waals surface area contributed by atoms with Gasteiger partial charge in [-0.1, -0.05) is 41.5 Å². The second-order valence-electron chi connectivity index (χ2n) is 7.45. The molecule has 1 fully saturated rings. The third kappa shape index (κ3) is 3.76. The van der Waals surface area contributed by atoms with E-state index in [-0.39, 0.29) is 0 Å². The molecule has 1 rings (SSSR count). The van der Waals surface area contributed by atoms with Crippen molar-refractivity contribution in [1.82, 2.24) is 5.32 Å². The van der Waals surface area contributed by atoms with Crippen LogP contribution in [0.4, 0.5) is 0 Å². The molecule has 16 heavy (non-hydrogen) atoms. The summed E-state index contributed by atoms with van der Waals surface area (Å²) in [5.74, 6) is 1.75. The van der Waals surface area contributed by atoms with Crippen molar-refractivity contribution < 1.29 is 0 Å². The number of nitrogens with one attached hydrogen (secondary N) is 1. The van der Waals surface area contributed by atoms with E-state index in [1.54, 1.807) is 0 Å². The molecule has 0 amide bonds. The van der Waals surface area contributed by atoms with Gasteiger partial charge in [-0.2, -0.15) is 0 Å². The number of rotatable bonds is 3. The Bertz CT molecular complexity index is 212. The van der Waals surface area contributed by atoms with Crippen molar-refractivity contribution in [2.45, 2.75) is 60.8 Å². The summed E-state index contributed by atoms with van der Waals surface area (Å²) in [5, 5.41) is 3.55. The van der Waals surface area contributed by atoms with Gasteiger partial charge < -0.3 is 5.32 Å². The summed E-state index contributed by atoms with van der Waals surface area (Å²) in [4.78, 5) is 0. The van der Waals surface area contributed by atoms with Gasteiger partial charge in [0.1, 0.15) is 0 Å². The monoisotopic (exact) mass is 225 g/mol. The van der Waals surface area contributed by atoms with Crippen molar-refractivity contribution in [3.05, 3.63) is 0 Å². The minimum Gasteiger partial charge on any atom is -0.317 e. The summed E-state index contributed by atoms with van der Waals surface area (Å²) < 4.78 is 0. The van der Waals surface area contributed by atoms with Gasteiger partial charge >= 0.3 is 0 Å². The standard InChI is InChI=1S/C15H31N/c1-7-16-11-12-8-9-15(5,6)10-13(12)14(2,3)4/h12-13,16H,7-11H2,1-6H3. The maximum Gasteiger partial charge on any atom is -0.00178 e. The average molecular weight is 225 g/mol. The zero-order valence-electron chi connectivity index (χ0n) is 12.2. The average Bonchev–Trinajstić information content (AvgIpc) is 2.13. The van der Waals surface area contributed by atoms with Gasteiger partial charge in [-0.3, -0.25) is 0 Å².